The highest BCUT2D eigenvalue weighted by Gasteiger charge is 2.72. The quantitative estimate of drug-likeness (QED) is 0.484. The average Bonchev–Trinajstić information content (AvgIpc) is 2.45. The Morgan fingerprint density at radius 3 is 2.62 bits per heavy atom. The fraction of sp³-hybridized carbons (Fsp3) is 0.900. The number of hydrogen-bond acceptors (Lipinski definition) is 3. The average molecular weight is 184 g/mol. The van der Waals surface area contributed by atoms with Crippen molar-refractivity contribution >= 4 is 5.97 Å². The Kier molecular flexibility index (Phi) is 1.88. The molecule has 1 unspecified atom stereocenters. The number of esters is 1. The van der Waals surface area contributed by atoms with E-state index >= 15 is 0 Å². The van der Waals surface area contributed by atoms with Crippen molar-refractivity contribution in [3.63, 3.8) is 0 Å². The molecule has 0 N–H and O–H groups in total. The molecule has 0 amide bonds. The first-order valence-electron chi connectivity index (χ1n) is 5.02. The van der Waals surface area contributed by atoms with Crippen LogP contribution in [0, 0.1) is 0 Å². The molecule has 3 heteroatoms. The maximum absolute atomic E-state index is 11.5. The minimum Gasteiger partial charge on any atom is -0.464 e. The van der Waals surface area contributed by atoms with E-state index in [9.17, 15) is 4.79 Å². The van der Waals surface area contributed by atoms with Crippen LogP contribution in [-0.2, 0) is 14.3 Å². The first kappa shape index (κ1) is 9.00. The highest BCUT2D eigenvalue weighted by Crippen LogP contribution is 2.58. The van der Waals surface area contributed by atoms with Crippen LogP contribution in [-0.4, -0.2) is 23.8 Å². The highest BCUT2D eigenvalue weighted by molar-refractivity contribution is 5.84. The molecule has 0 aromatic rings. The van der Waals surface area contributed by atoms with Gasteiger partial charge in [0.1, 0.15) is 5.60 Å². The maximum atomic E-state index is 11.5. The largest absolute Gasteiger partial charge is 0.464 e. The summed E-state index contributed by atoms with van der Waals surface area (Å²) in [7, 11) is 0. The molecule has 1 aliphatic carbocycles. The summed E-state index contributed by atoms with van der Waals surface area (Å²) < 4.78 is 10.6. The Balaban J connectivity index is 2.04. The number of carbonyl (C=O) groups excluding carboxylic acids is 1. The minimum absolute atomic E-state index is 0.154. The lowest BCUT2D eigenvalue weighted by atomic mass is 9.93. The summed E-state index contributed by atoms with van der Waals surface area (Å²) in [4.78, 5) is 11.5. The molecule has 13 heavy (non-hydrogen) atoms. The lowest BCUT2D eigenvalue weighted by Crippen LogP contribution is -2.31. The molecule has 1 atom stereocenters. The van der Waals surface area contributed by atoms with Gasteiger partial charge in [-0.1, -0.05) is 12.8 Å². The zero-order chi connectivity index (χ0) is 9.53. The molecule has 1 saturated carbocycles. The summed E-state index contributed by atoms with van der Waals surface area (Å²) in [6.07, 6.45) is 4.38. The van der Waals surface area contributed by atoms with Crippen LogP contribution in [0.15, 0.2) is 0 Å². The van der Waals surface area contributed by atoms with Crippen molar-refractivity contribution in [3.8, 4) is 0 Å². The second-order valence-corrected chi connectivity index (χ2v) is 4.06. The van der Waals surface area contributed by atoms with Gasteiger partial charge in [0.25, 0.3) is 0 Å². The van der Waals surface area contributed by atoms with Gasteiger partial charge in [-0.15, -0.1) is 0 Å². The molecule has 1 saturated heterocycles. The van der Waals surface area contributed by atoms with Crippen LogP contribution in [0.25, 0.3) is 0 Å². The van der Waals surface area contributed by atoms with Gasteiger partial charge in [-0.3, -0.25) is 0 Å². The first-order chi connectivity index (χ1) is 6.15. The molecule has 3 nitrogen and oxygen atoms in total. The zero-order valence-electron chi connectivity index (χ0n) is 8.26. The highest BCUT2D eigenvalue weighted by atomic mass is 16.7. The van der Waals surface area contributed by atoms with E-state index in [0.29, 0.717) is 6.61 Å². The van der Waals surface area contributed by atoms with Crippen LogP contribution < -0.4 is 0 Å². The van der Waals surface area contributed by atoms with Gasteiger partial charge in [0.2, 0.25) is 0 Å². The Morgan fingerprint density at radius 1 is 1.46 bits per heavy atom. The molecule has 1 aliphatic heterocycles. The summed E-state index contributed by atoms with van der Waals surface area (Å²) in [5.41, 5.74) is -0.779. The van der Waals surface area contributed by atoms with Gasteiger partial charge in [-0.25, -0.2) is 4.79 Å². The van der Waals surface area contributed by atoms with Gasteiger partial charge < -0.3 is 9.47 Å². The summed E-state index contributed by atoms with van der Waals surface area (Å²) in [5, 5.41) is 0. The van der Waals surface area contributed by atoms with Crippen LogP contribution >= 0.6 is 0 Å². The molecule has 0 bridgehead atoms. The van der Waals surface area contributed by atoms with E-state index < -0.39 is 5.60 Å². The minimum atomic E-state index is -0.625. The van der Waals surface area contributed by atoms with Crippen molar-refractivity contribution in [1.82, 2.24) is 0 Å². The van der Waals surface area contributed by atoms with Gasteiger partial charge in [-0.2, -0.15) is 0 Å². The van der Waals surface area contributed by atoms with Gasteiger partial charge in [0, 0.05) is 0 Å². The number of epoxide rings is 1. The topological polar surface area (TPSA) is 38.8 Å². The summed E-state index contributed by atoms with van der Waals surface area (Å²) in [6.45, 7) is 4.12. The zero-order valence-corrected chi connectivity index (χ0v) is 8.26. The summed E-state index contributed by atoms with van der Waals surface area (Å²) in [6, 6.07) is 0. The SMILES string of the molecule is CCOC(=O)C1(C)OC12CCCC2. The van der Waals surface area contributed by atoms with Crippen LogP contribution in [0.4, 0.5) is 0 Å². The lowest BCUT2D eigenvalue weighted by Gasteiger charge is -2.09. The van der Waals surface area contributed by atoms with Crippen molar-refractivity contribution in [2.45, 2.75) is 50.7 Å². The third-order valence-corrected chi connectivity index (χ3v) is 3.30. The van der Waals surface area contributed by atoms with Crippen LogP contribution in [0.1, 0.15) is 39.5 Å². The number of hydrogen-bond donors (Lipinski definition) is 0. The Morgan fingerprint density at radius 2 is 2.08 bits per heavy atom. The second-order valence-electron chi connectivity index (χ2n) is 4.06. The fourth-order valence-corrected chi connectivity index (χ4v) is 2.39. The predicted octanol–water partition coefficient (Wildman–Crippen LogP) is 1.65. The number of ether oxygens (including phenoxy) is 2. The van der Waals surface area contributed by atoms with E-state index in [1.54, 1.807) is 0 Å². The van der Waals surface area contributed by atoms with E-state index in [1.165, 1.54) is 12.8 Å². The van der Waals surface area contributed by atoms with Crippen LogP contribution in [0.2, 0.25) is 0 Å². The van der Waals surface area contributed by atoms with Crippen molar-refractivity contribution in [3.05, 3.63) is 0 Å². The molecular formula is C10H16O3. The molecule has 0 aromatic carbocycles. The van der Waals surface area contributed by atoms with E-state index in [4.69, 9.17) is 9.47 Å². The van der Waals surface area contributed by atoms with E-state index in [2.05, 4.69) is 0 Å². The van der Waals surface area contributed by atoms with Crippen molar-refractivity contribution in [2.75, 3.05) is 6.61 Å². The summed E-state index contributed by atoms with van der Waals surface area (Å²) >= 11 is 0. The van der Waals surface area contributed by atoms with Crippen LogP contribution in [0.3, 0.4) is 0 Å². The Bertz CT molecular complexity index is 230. The van der Waals surface area contributed by atoms with Gasteiger partial charge >= 0.3 is 5.97 Å². The molecule has 2 rings (SSSR count). The molecule has 2 fully saturated rings. The smallest absolute Gasteiger partial charge is 0.341 e. The molecule has 1 heterocycles. The predicted molar refractivity (Wildman–Crippen MR) is 47.3 cm³/mol. The van der Waals surface area contributed by atoms with Gasteiger partial charge in [0.05, 0.1) is 6.61 Å². The van der Waals surface area contributed by atoms with Crippen LogP contribution in [0.5, 0.6) is 0 Å². The molecule has 74 valence electrons. The molecule has 1 spiro atoms. The Hall–Kier alpha value is -0.570. The number of rotatable bonds is 2. The normalized spacial score (nSPS) is 34.9. The van der Waals surface area contributed by atoms with Gasteiger partial charge in [-0.05, 0) is 26.7 Å². The third kappa shape index (κ3) is 1.10. The summed E-state index contributed by atoms with van der Waals surface area (Å²) in [5.74, 6) is -0.183. The second kappa shape index (κ2) is 2.71. The standard InChI is InChI=1S/C10H16O3/c1-3-12-8(11)9(2)10(13-9)6-4-5-7-10/h3-7H2,1-2H3. The lowest BCUT2D eigenvalue weighted by molar-refractivity contribution is -0.148. The van der Waals surface area contributed by atoms with E-state index in [1.807, 2.05) is 13.8 Å². The first-order valence-corrected chi connectivity index (χ1v) is 5.02. The van der Waals surface area contributed by atoms with Gasteiger partial charge in [0.15, 0.2) is 5.60 Å². The monoisotopic (exact) mass is 184 g/mol. The van der Waals surface area contributed by atoms with E-state index in [0.717, 1.165) is 12.8 Å². The van der Waals surface area contributed by atoms with E-state index in [-0.39, 0.29) is 11.6 Å². The molecule has 2 aliphatic rings. The molecule has 0 aromatic heterocycles. The fourth-order valence-electron chi connectivity index (χ4n) is 2.39. The van der Waals surface area contributed by atoms with Crippen molar-refractivity contribution in [2.24, 2.45) is 0 Å². The third-order valence-electron chi connectivity index (χ3n) is 3.30. The maximum Gasteiger partial charge on any atom is 0.341 e. The van der Waals surface area contributed by atoms with Crippen molar-refractivity contribution < 1.29 is 14.3 Å². The van der Waals surface area contributed by atoms with Crippen molar-refractivity contribution in [1.29, 1.82) is 0 Å². The Labute approximate surface area is 78.4 Å². The molecule has 0 radical (unpaired) electrons. The molecular weight excluding hydrogens is 168 g/mol. The number of carbonyl (C=O) groups is 1.